The van der Waals surface area contributed by atoms with Gasteiger partial charge in [0, 0.05) is 20.1 Å². The van der Waals surface area contributed by atoms with Crippen LogP contribution in [-0.4, -0.2) is 32.2 Å². The van der Waals surface area contributed by atoms with Crippen LogP contribution < -0.4 is 16.0 Å². The Morgan fingerprint density at radius 3 is 2.55 bits per heavy atom. The second kappa shape index (κ2) is 5.51. The molecule has 1 saturated heterocycles. The normalized spacial score (nSPS) is 17.3. The Hall–Kier alpha value is -1.44. The van der Waals surface area contributed by atoms with Crippen molar-refractivity contribution in [2.45, 2.75) is 19.0 Å². The number of piperidine rings is 1. The van der Waals surface area contributed by atoms with E-state index in [0.29, 0.717) is 23.7 Å². The van der Waals surface area contributed by atoms with Crippen LogP contribution in [0.1, 0.15) is 22.5 Å². The van der Waals surface area contributed by atoms with E-state index >= 15 is 0 Å². The largest absolute Gasteiger partial charge is 0.397 e. The van der Waals surface area contributed by atoms with Gasteiger partial charge in [0.25, 0.3) is 5.91 Å². The number of amides is 1. The molecule has 1 amide bonds. The summed E-state index contributed by atoms with van der Waals surface area (Å²) < 4.78 is 37.8. The third-order valence-corrected chi connectivity index (χ3v) is 4.66. The van der Waals surface area contributed by atoms with Crippen LogP contribution in [0.25, 0.3) is 0 Å². The van der Waals surface area contributed by atoms with Crippen LogP contribution in [-0.2, 0) is 0 Å². The standard InChI is InChI=1S/C12H16F3N3OS/c1-17-11(19)10-8(16)6-9(20-10)18-4-2-7(3-5-18)12(13,14)15/h6-7H,2-5,16H2,1H3,(H,17,19). The average Bonchev–Trinajstić information content (AvgIpc) is 2.79. The highest BCUT2D eigenvalue weighted by molar-refractivity contribution is 7.18. The Labute approximate surface area is 118 Å². The number of hydrogen-bond donors (Lipinski definition) is 2. The first kappa shape index (κ1) is 15.0. The summed E-state index contributed by atoms with van der Waals surface area (Å²) >= 11 is 1.22. The summed E-state index contributed by atoms with van der Waals surface area (Å²) in [5.74, 6) is -1.50. The van der Waals surface area contributed by atoms with Crippen molar-refractivity contribution in [2.75, 3.05) is 30.8 Å². The molecule has 1 aromatic heterocycles. The van der Waals surface area contributed by atoms with Gasteiger partial charge < -0.3 is 16.0 Å². The first-order valence-corrected chi connectivity index (χ1v) is 7.07. The smallest absolute Gasteiger partial charge is 0.391 e. The Kier molecular flexibility index (Phi) is 4.12. The van der Waals surface area contributed by atoms with Gasteiger partial charge in [-0.3, -0.25) is 4.79 Å². The summed E-state index contributed by atoms with van der Waals surface area (Å²) in [5.41, 5.74) is 6.13. The van der Waals surface area contributed by atoms with E-state index in [9.17, 15) is 18.0 Å². The predicted molar refractivity (Wildman–Crippen MR) is 73.1 cm³/mol. The van der Waals surface area contributed by atoms with E-state index in [0.717, 1.165) is 5.00 Å². The van der Waals surface area contributed by atoms with Crippen molar-refractivity contribution in [1.82, 2.24) is 5.32 Å². The number of hydrogen-bond acceptors (Lipinski definition) is 4. The molecule has 1 aromatic rings. The number of anilines is 2. The Bertz CT molecular complexity index is 493. The van der Waals surface area contributed by atoms with Crippen LogP contribution in [0, 0.1) is 5.92 Å². The Morgan fingerprint density at radius 2 is 2.05 bits per heavy atom. The maximum atomic E-state index is 12.6. The van der Waals surface area contributed by atoms with Gasteiger partial charge in [-0.15, -0.1) is 11.3 Å². The highest BCUT2D eigenvalue weighted by Gasteiger charge is 2.41. The number of nitrogen functional groups attached to an aromatic ring is 1. The van der Waals surface area contributed by atoms with Crippen LogP contribution in [0.4, 0.5) is 23.9 Å². The van der Waals surface area contributed by atoms with Crippen molar-refractivity contribution in [3.05, 3.63) is 10.9 Å². The zero-order valence-electron chi connectivity index (χ0n) is 11.0. The minimum absolute atomic E-state index is 0.0800. The van der Waals surface area contributed by atoms with Gasteiger partial charge in [0.2, 0.25) is 0 Å². The first-order valence-electron chi connectivity index (χ1n) is 6.26. The van der Waals surface area contributed by atoms with Crippen molar-refractivity contribution in [3.63, 3.8) is 0 Å². The molecule has 1 aliphatic rings. The Balaban J connectivity index is 2.06. The maximum Gasteiger partial charge on any atom is 0.391 e. The fourth-order valence-corrected chi connectivity index (χ4v) is 3.34. The number of alkyl halides is 3. The zero-order valence-corrected chi connectivity index (χ0v) is 11.8. The molecule has 1 fully saturated rings. The lowest BCUT2D eigenvalue weighted by atomic mass is 9.96. The average molecular weight is 307 g/mol. The van der Waals surface area contributed by atoms with Gasteiger partial charge in [-0.05, 0) is 18.9 Å². The minimum Gasteiger partial charge on any atom is -0.397 e. The van der Waals surface area contributed by atoms with Gasteiger partial charge in [-0.2, -0.15) is 13.2 Å². The van der Waals surface area contributed by atoms with Crippen LogP contribution in [0.3, 0.4) is 0 Å². The lowest BCUT2D eigenvalue weighted by molar-refractivity contribution is -0.179. The molecule has 0 aliphatic carbocycles. The van der Waals surface area contributed by atoms with Gasteiger partial charge in [-0.25, -0.2) is 0 Å². The van der Waals surface area contributed by atoms with Crippen LogP contribution in [0.5, 0.6) is 0 Å². The molecule has 0 unspecified atom stereocenters. The molecule has 112 valence electrons. The monoisotopic (exact) mass is 307 g/mol. The summed E-state index contributed by atoms with van der Waals surface area (Å²) in [6.07, 6.45) is -3.96. The molecule has 1 aliphatic heterocycles. The molecule has 2 rings (SSSR count). The van der Waals surface area contributed by atoms with Gasteiger partial charge in [0.1, 0.15) is 4.88 Å². The van der Waals surface area contributed by atoms with Crippen molar-refractivity contribution in [3.8, 4) is 0 Å². The molecule has 0 spiro atoms. The van der Waals surface area contributed by atoms with Crippen LogP contribution in [0.15, 0.2) is 6.07 Å². The summed E-state index contributed by atoms with van der Waals surface area (Å²) in [6, 6.07) is 1.66. The van der Waals surface area contributed by atoms with Gasteiger partial charge >= 0.3 is 6.18 Å². The molecular formula is C12H16F3N3OS. The molecule has 0 saturated carbocycles. The summed E-state index contributed by atoms with van der Waals surface area (Å²) in [4.78, 5) is 13.8. The summed E-state index contributed by atoms with van der Waals surface area (Å²) in [7, 11) is 1.51. The van der Waals surface area contributed by atoms with Crippen LogP contribution in [0.2, 0.25) is 0 Å². The van der Waals surface area contributed by atoms with Gasteiger partial charge in [0.05, 0.1) is 16.6 Å². The van der Waals surface area contributed by atoms with E-state index in [4.69, 9.17) is 5.73 Å². The van der Waals surface area contributed by atoms with E-state index < -0.39 is 12.1 Å². The number of carbonyl (C=O) groups excluding carboxylic acids is 1. The highest BCUT2D eigenvalue weighted by Crippen LogP contribution is 2.38. The maximum absolute atomic E-state index is 12.6. The molecule has 2 heterocycles. The molecule has 8 heteroatoms. The minimum atomic E-state index is -4.12. The van der Waals surface area contributed by atoms with Crippen molar-refractivity contribution in [1.29, 1.82) is 0 Å². The number of nitrogens with two attached hydrogens (primary N) is 1. The third-order valence-electron chi connectivity index (χ3n) is 3.45. The summed E-state index contributed by atoms with van der Waals surface area (Å²) in [6.45, 7) is 0.661. The molecule has 0 aromatic carbocycles. The number of carbonyl (C=O) groups is 1. The lowest BCUT2D eigenvalue weighted by Crippen LogP contribution is -2.38. The molecule has 0 bridgehead atoms. The SMILES string of the molecule is CNC(=O)c1sc(N2CCC(C(F)(F)F)CC2)cc1N. The number of nitrogens with one attached hydrogen (secondary N) is 1. The quantitative estimate of drug-likeness (QED) is 0.882. The third kappa shape index (κ3) is 3.00. The molecule has 0 atom stereocenters. The second-order valence-electron chi connectivity index (χ2n) is 4.75. The van der Waals surface area contributed by atoms with Gasteiger partial charge in [-0.1, -0.05) is 0 Å². The molecule has 20 heavy (non-hydrogen) atoms. The fraction of sp³-hybridized carbons (Fsp3) is 0.583. The fourth-order valence-electron chi connectivity index (χ4n) is 2.27. The zero-order chi connectivity index (χ0) is 14.9. The highest BCUT2D eigenvalue weighted by atomic mass is 32.1. The number of nitrogens with zero attached hydrogens (tertiary/aromatic N) is 1. The van der Waals surface area contributed by atoms with E-state index in [-0.39, 0.29) is 18.7 Å². The molecular weight excluding hydrogens is 291 g/mol. The van der Waals surface area contributed by atoms with E-state index in [1.807, 2.05) is 4.90 Å². The number of thiophene rings is 1. The van der Waals surface area contributed by atoms with Crippen molar-refractivity contribution in [2.24, 2.45) is 5.92 Å². The topological polar surface area (TPSA) is 58.4 Å². The van der Waals surface area contributed by atoms with Crippen LogP contribution >= 0.6 is 11.3 Å². The molecule has 0 radical (unpaired) electrons. The molecule has 3 N–H and O–H groups in total. The number of rotatable bonds is 2. The van der Waals surface area contributed by atoms with E-state index in [1.165, 1.54) is 18.4 Å². The number of halogens is 3. The van der Waals surface area contributed by atoms with E-state index in [1.54, 1.807) is 6.07 Å². The van der Waals surface area contributed by atoms with Crippen molar-refractivity contribution >= 4 is 27.9 Å². The first-order chi connectivity index (χ1) is 9.32. The van der Waals surface area contributed by atoms with Gasteiger partial charge in [0.15, 0.2) is 0 Å². The predicted octanol–water partition coefficient (Wildman–Crippen LogP) is 2.47. The summed E-state index contributed by atoms with van der Waals surface area (Å²) in [5, 5.41) is 3.24. The van der Waals surface area contributed by atoms with Crippen molar-refractivity contribution < 1.29 is 18.0 Å². The molecule has 4 nitrogen and oxygen atoms in total. The lowest BCUT2D eigenvalue weighted by Gasteiger charge is -2.33. The Morgan fingerprint density at radius 1 is 1.45 bits per heavy atom. The second-order valence-corrected chi connectivity index (χ2v) is 5.78. The van der Waals surface area contributed by atoms with E-state index in [2.05, 4.69) is 5.32 Å².